The van der Waals surface area contributed by atoms with E-state index in [9.17, 15) is 19.2 Å². The number of imidazole rings is 2. The van der Waals surface area contributed by atoms with E-state index in [-0.39, 0.29) is 87.1 Å². The number of methoxy groups -OCH3 is 6. The van der Waals surface area contributed by atoms with Crippen LogP contribution in [-0.2, 0) is 47.6 Å². The van der Waals surface area contributed by atoms with E-state index in [1.54, 1.807) is 28.4 Å². The highest BCUT2D eigenvalue weighted by atomic mass is 16.5. The summed E-state index contributed by atoms with van der Waals surface area (Å²) < 4.78 is 31.7. The molecule has 64 heavy (non-hydrogen) atoms. The predicted octanol–water partition coefficient (Wildman–Crippen LogP) is 5.63. The molecule has 0 radical (unpaired) electrons. The molecule has 16 nitrogen and oxygen atoms in total. The fourth-order valence-electron chi connectivity index (χ4n) is 10.3. The number of esters is 2. The van der Waals surface area contributed by atoms with Crippen LogP contribution in [0.25, 0.3) is 33.6 Å². The summed E-state index contributed by atoms with van der Waals surface area (Å²) in [5.74, 6) is -0.700. The standard InChI is InChI=1S/C48H60N6O10/c1-59-23-33(24-60-2)35(19-43(55)63-5)47(57)53-39-15-31(39)17-41(53)45-49-21-37(51-45)29-11-7-27(8-12-29)28-9-13-30(14-10-28)38-22-50-46(52-38)42-18-32-16-40(32)54(42)48(58)36(20-44(56)64-6)34(25-61-3)26-62-4/h7-14,21-22,31-36,39-42H,15-20,23-26H2,1-6H3,(H,49,51)(H,50,52)/t31-,32-,35+,36+,39-,40-,41+,42+/m1/s1. The maximum absolute atomic E-state index is 14.3. The van der Waals surface area contributed by atoms with Crippen molar-refractivity contribution in [3.63, 3.8) is 0 Å². The van der Waals surface area contributed by atoms with Crippen molar-refractivity contribution in [1.29, 1.82) is 0 Å². The van der Waals surface area contributed by atoms with Crippen LogP contribution in [0.3, 0.4) is 0 Å². The number of nitrogens with zero attached hydrogens (tertiary/aromatic N) is 4. The lowest BCUT2D eigenvalue weighted by molar-refractivity contribution is -0.151. The van der Waals surface area contributed by atoms with E-state index in [0.29, 0.717) is 11.8 Å². The fraction of sp³-hybridized carbons (Fsp3) is 0.542. The van der Waals surface area contributed by atoms with Gasteiger partial charge in [-0.2, -0.15) is 0 Å². The smallest absolute Gasteiger partial charge is 0.306 e. The zero-order chi connectivity index (χ0) is 45.1. The molecule has 0 unspecified atom stereocenters. The number of amides is 2. The quantitative estimate of drug-likeness (QED) is 0.0984. The van der Waals surface area contributed by atoms with Gasteiger partial charge in [-0.05, 0) is 59.8 Å². The number of hydrogen-bond donors (Lipinski definition) is 2. The number of rotatable bonds is 21. The second-order valence-electron chi connectivity index (χ2n) is 17.8. The number of nitrogens with one attached hydrogen (secondary N) is 2. The zero-order valence-electron chi connectivity index (χ0n) is 37.5. The van der Waals surface area contributed by atoms with Crippen LogP contribution in [0.2, 0.25) is 0 Å². The van der Waals surface area contributed by atoms with Gasteiger partial charge in [0.1, 0.15) is 11.6 Å². The summed E-state index contributed by atoms with van der Waals surface area (Å²) in [5, 5.41) is 0. The molecule has 4 aliphatic rings. The number of hydrogen-bond acceptors (Lipinski definition) is 12. The van der Waals surface area contributed by atoms with E-state index >= 15 is 0 Å². The van der Waals surface area contributed by atoms with Crippen LogP contribution in [0.5, 0.6) is 0 Å². The highest BCUT2D eigenvalue weighted by molar-refractivity contribution is 5.86. The molecular formula is C48H60N6O10. The molecule has 2 aliphatic carbocycles. The average molecular weight is 881 g/mol. The van der Waals surface area contributed by atoms with E-state index < -0.39 is 23.8 Å². The summed E-state index contributed by atoms with van der Waals surface area (Å²) >= 11 is 0. The zero-order valence-corrected chi connectivity index (χ0v) is 37.5. The lowest BCUT2D eigenvalue weighted by Crippen LogP contribution is -2.44. The van der Waals surface area contributed by atoms with Crippen molar-refractivity contribution in [1.82, 2.24) is 29.7 Å². The second-order valence-corrected chi connectivity index (χ2v) is 17.8. The van der Waals surface area contributed by atoms with Gasteiger partial charge in [-0.1, -0.05) is 48.5 Å². The SMILES string of the molecule is COCC(COC)[C@H](CC(=O)OC)C(=O)N1[C@@H]2C[C@@H]2C[C@H]1c1ncc(-c2ccc(-c3ccc(-c4cnc([C@@H]5C[C@H]6C[C@H]6N5C(=O)[C@@H](CC(=O)OC)C(COC)COC)[nH]4)cc3)cc2)[nH]1. The molecule has 2 saturated carbocycles. The Balaban J connectivity index is 0.937. The van der Waals surface area contributed by atoms with Gasteiger partial charge < -0.3 is 48.2 Å². The number of ether oxygens (including phenoxy) is 6. The van der Waals surface area contributed by atoms with Gasteiger partial charge in [0.25, 0.3) is 0 Å². The van der Waals surface area contributed by atoms with Crippen LogP contribution < -0.4 is 0 Å². The molecule has 8 atom stereocenters. The van der Waals surface area contributed by atoms with Gasteiger partial charge >= 0.3 is 11.9 Å². The molecule has 4 heterocycles. The van der Waals surface area contributed by atoms with E-state index in [0.717, 1.165) is 71.0 Å². The molecule has 2 amide bonds. The van der Waals surface area contributed by atoms with Crippen molar-refractivity contribution in [3.8, 4) is 33.6 Å². The summed E-state index contributed by atoms with van der Waals surface area (Å²) in [6.45, 7) is 1.13. The summed E-state index contributed by atoms with van der Waals surface area (Å²) in [6.07, 6.45) is 7.06. The fourth-order valence-corrected chi connectivity index (χ4v) is 10.3. The average Bonchev–Trinajstić information content (AvgIpc) is 3.90. The van der Waals surface area contributed by atoms with Crippen molar-refractivity contribution in [2.24, 2.45) is 35.5 Å². The molecule has 8 rings (SSSR count). The molecule has 2 aromatic carbocycles. The topological polar surface area (TPSA) is 187 Å². The Labute approximate surface area is 373 Å². The molecule has 0 spiro atoms. The molecule has 4 aromatic rings. The summed E-state index contributed by atoms with van der Waals surface area (Å²) in [4.78, 5) is 74.0. The van der Waals surface area contributed by atoms with E-state index in [4.69, 9.17) is 38.4 Å². The van der Waals surface area contributed by atoms with Crippen LogP contribution in [0.1, 0.15) is 62.3 Å². The van der Waals surface area contributed by atoms with Crippen molar-refractivity contribution in [2.45, 2.75) is 62.7 Å². The largest absolute Gasteiger partial charge is 0.469 e. The number of H-pyrrole nitrogens is 2. The normalized spacial score (nSPS) is 22.9. The summed E-state index contributed by atoms with van der Waals surface area (Å²) in [7, 11) is 9.00. The Morgan fingerprint density at radius 3 is 1.22 bits per heavy atom. The van der Waals surface area contributed by atoms with E-state index in [2.05, 4.69) is 58.5 Å². The van der Waals surface area contributed by atoms with Crippen molar-refractivity contribution >= 4 is 23.8 Å². The van der Waals surface area contributed by atoms with Crippen LogP contribution in [0, 0.1) is 35.5 Å². The van der Waals surface area contributed by atoms with Gasteiger partial charge in [0.2, 0.25) is 11.8 Å². The maximum atomic E-state index is 14.3. The Bertz CT molecular complexity index is 2090. The second kappa shape index (κ2) is 19.8. The van der Waals surface area contributed by atoms with Crippen LogP contribution in [0.15, 0.2) is 60.9 Å². The lowest BCUT2D eigenvalue weighted by Gasteiger charge is -2.33. The molecule has 2 aliphatic heterocycles. The van der Waals surface area contributed by atoms with E-state index in [1.807, 2.05) is 22.2 Å². The number of carbonyl (C=O) groups is 4. The Kier molecular flexibility index (Phi) is 13.9. The number of benzene rings is 2. The highest BCUT2D eigenvalue weighted by Crippen LogP contribution is 2.55. The Hall–Kier alpha value is -5.42. The van der Waals surface area contributed by atoms with Crippen molar-refractivity contribution < 1.29 is 47.6 Å². The van der Waals surface area contributed by atoms with Gasteiger partial charge in [0.05, 0.1) is 101 Å². The first-order valence-electron chi connectivity index (χ1n) is 22.2. The minimum absolute atomic E-state index is 0.0475. The Morgan fingerprint density at radius 2 is 0.891 bits per heavy atom. The first kappa shape index (κ1) is 45.2. The first-order valence-corrected chi connectivity index (χ1v) is 22.2. The molecule has 2 aromatic heterocycles. The molecule has 16 heteroatoms. The number of aromatic amines is 2. The van der Waals surface area contributed by atoms with Crippen LogP contribution in [0.4, 0.5) is 0 Å². The lowest BCUT2D eigenvalue weighted by atomic mass is 9.88. The Morgan fingerprint density at radius 1 is 0.547 bits per heavy atom. The number of likely N-dealkylation sites (tertiary alicyclic amines) is 2. The minimum Gasteiger partial charge on any atom is -0.469 e. The third kappa shape index (κ3) is 9.37. The monoisotopic (exact) mass is 880 g/mol. The number of carbonyl (C=O) groups excluding carboxylic acids is 4. The molecule has 342 valence electrons. The summed E-state index contributed by atoms with van der Waals surface area (Å²) in [5.41, 5.74) is 5.74. The van der Waals surface area contributed by atoms with Gasteiger partial charge in [-0.3, -0.25) is 19.2 Å². The third-order valence-corrected chi connectivity index (χ3v) is 13.8. The number of piperidine rings is 2. The van der Waals surface area contributed by atoms with Crippen molar-refractivity contribution in [2.75, 3.05) is 69.1 Å². The molecule has 2 saturated heterocycles. The first-order chi connectivity index (χ1) is 31.1. The van der Waals surface area contributed by atoms with Gasteiger partial charge in [0, 0.05) is 52.4 Å². The molecule has 4 fully saturated rings. The minimum atomic E-state index is -0.644. The van der Waals surface area contributed by atoms with Gasteiger partial charge in [0.15, 0.2) is 0 Å². The van der Waals surface area contributed by atoms with E-state index in [1.165, 1.54) is 14.2 Å². The molecular weight excluding hydrogens is 821 g/mol. The number of aromatic nitrogens is 4. The van der Waals surface area contributed by atoms with Gasteiger partial charge in [-0.15, -0.1) is 0 Å². The van der Waals surface area contributed by atoms with Crippen molar-refractivity contribution in [3.05, 3.63) is 72.6 Å². The number of fused-ring (bicyclic) bond motifs is 2. The predicted molar refractivity (Wildman–Crippen MR) is 234 cm³/mol. The highest BCUT2D eigenvalue weighted by Gasteiger charge is 2.58. The third-order valence-electron chi connectivity index (χ3n) is 13.8. The summed E-state index contributed by atoms with van der Waals surface area (Å²) in [6, 6.07) is 16.4. The molecule has 0 bridgehead atoms. The maximum Gasteiger partial charge on any atom is 0.306 e. The van der Waals surface area contributed by atoms with Crippen LogP contribution >= 0.6 is 0 Å². The molecule has 2 N–H and O–H groups in total. The van der Waals surface area contributed by atoms with Gasteiger partial charge in [-0.25, -0.2) is 9.97 Å². The van der Waals surface area contributed by atoms with Crippen LogP contribution in [-0.4, -0.2) is 135 Å².